The molecule has 0 spiro atoms. The van der Waals surface area contributed by atoms with E-state index in [4.69, 9.17) is 19.9 Å². The Morgan fingerprint density at radius 2 is 1.68 bits per heavy atom. The average molecular weight is 605 g/mol. The lowest BCUT2D eigenvalue weighted by molar-refractivity contribution is -0.134. The van der Waals surface area contributed by atoms with Crippen molar-refractivity contribution in [3.05, 3.63) is 77.4 Å². The quantitative estimate of drug-likeness (QED) is 0.230. The highest BCUT2D eigenvalue weighted by Crippen LogP contribution is 2.33. The second-order valence-corrected chi connectivity index (χ2v) is 10.7. The summed E-state index contributed by atoms with van der Waals surface area (Å²) in [6.45, 7) is 5.06. The van der Waals surface area contributed by atoms with Crippen LogP contribution in [0.25, 0.3) is 0 Å². The molecule has 1 atom stereocenters. The number of carbonyl (C=O) groups is 3. The second kappa shape index (κ2) is 16.3. The van der Waals surface area contributed by atoms with Gasteiger partial charge >= 0.3 is 0 Å². The van der Waals surface area contributed by atoms with Crippen LogP contribution in [-0.4, -0.2) is 70.6 Å². The van der Waals surface area contributed by atoms with Crippen molar-refractivity contribution >= 4 is 29.1 Å². The molecule has 10 heteroatoms. The van der Waals surface area contributed by atoms with Crippen LogP contribution in [-0.2, 0) is 4.79 Å². The number of anilines is 2. The third-order valence-electron chi connectivity index (χ3n) is 7.08. The minimum Gasteiger partial charge on any atom is -0.495 e. The normalized spacial score (nSPS) is 11.3. The van der Waals surface area contributed by atoms with Gasteiger partial charge in [0.1, 0.15) is 17.2 Å². The van der Waals surface area contributed by atoms with E-state index in [1.807, 2.05) is 32.0 Å². The minimum absolute atomic E-state index is 0.00682. The van der Waals surface area contributed by atoms with Gasteiger partial charge < -0.3 is 35.1 Å². The third kappa shape index (κ3) is 8.73. The Bertz CT molecular complexity index is 1440. The molecule has 0 heterocycles. The Morgan fingerprint density at radius 3 is 2.36 bits per heavy atom. The largest absolute Gasteiger partial charge is 0.495 e. The van der Waals surface area contributed by atoms with Crippen LogP contribution in [0.4, 0.5) is 11.4 Å². The second-order valence-electron chi connectivity index (χ2n) is 10.7. The summed E-state index contributed by atoms with van der Waals surface area (Å²) in [6.07, 6.45) is 2.21. The van der Waals surface area contributed by atoms with E-state index in [-0.39, 0.29) is 30.2 Å². The summed E-state index contributed by atoms with van der Waals surface area (Å²) in [7, 11) is 6.61. The molecule has 236 valence electrons. The van der Waals surface area contributed by atoms with Gasteiger partial charge in [0.2, 0.25) is 5.91 Å². The molecular formula is C34H44N4O6. The number of nitrogens with two attached hydrogens (primary N) is 1. The number of nitrogens with one attached hydrogen (secondary N) is 1. The van der Waals surface area contributed by atoms with Gasteiger partial charge in [-0.15, -0.1) is 0 Å². The number of nitrogens with zero attached hydrogens (tertiary/aromatic N) is 2. The molecule has 0 bridgehead atoms. The highest BCUT2D eigenvalue weighted by Gasteiger charge is 2.24. The Morgan fingerprint density at radius 1 is 0.932 bits per heavy atom. The lowest BCUT2D eigenvalue weighted by Gasteiger charge is -2.24. The Balaban J connectivity index is 1.81. The minimum atomic E-state index is -0.376. The number of aryl methyl sites for hydroxylation is 1. The molecular weight excluding hydrogens is 560 g/mol. The van der Waals surface area contributed by atoms with Gasteiger partial charge in [-0.25, -0.2) is 0 Å². The van der Waals surface area contributed by atoms with Crippen LogP contribution in [0.3, 0.4) is 0 Å². The number of methoxy groups -OCH3 is 1. The van der Waals surface area contributed by atoms with Crippen LogP contribution in [0, 0.1) is 12.8 Å². The summed E-state index contributed by atoms with van der Waals surface area (Å²) in [4.78, 5) is 42.6. The van der Waals surface area contributed by atoms with Gasteiger partial charge in [-0.2, -0.15) is 0 Å². The van der Waals surface area contributed by atoms with Gasteiger partial charge in [0, 0.05) is 26.7 Å². The van der Waals surface area contributed by atoms with Crippen molar-refractivity contribution in [3.63, 3.8) is 0 Å². The highest BCUT2D eigenvalue weighted by atomic mass is 16.5. The zero-order valence-corrected chi connectivity index (χ0v) is 26.5. The Hall–Kier alpha value is -4.57. The maximum absolute atomic E-state index is 13.7. The van der Waals surface area contributed by atoms with E-state index in [0.29, 0.717) is 65.7 Å². The van der Waals surface area contributed by atoms with Crippen LogP contribution in [0.5, 0.6) is 17.2 Å². The zero-order chi connectivity index (χ0) is 32.2. The van der Waals surface area contributed by atoms with Gasteiger partial charge in [0.25, 0.3) is 11.8 Å². The summed E-state index contributed by atoms with van der Waals surface area (Å²) in [6, 6.07) is 17.4. The van der Waals surface area contributed by atoms with Crippen molar-refractivity contribution < 1.29 is 28.6 Å². The van der Waals surface area contributed by atoms with E-state index in [2.05, 4.69) is 5.32 Å². The lowest BCUT2D eigenvalue weighted by Crippen LogP contribution is -2.33. The summed E-state index contributed by atoms with van der Waals surface area (Å²) in [5.41, 5.74) is 8.21. The van der Waals surface area contributed by atoms with Crippen molar-refractivity contribution in [3.8, 4) is 17.2 Å². The van der Waals surface area contributed by atoms with Crippen molar-refractivity contribution in [1.29, 1.82) is 0 Å². The van der Waals surface area contributed by atoms with Gasteiger partial charge in [0.05, 0.1) is 43.2 Å². The first-order valence-electron chi connectivity index (χ1n) is 14.7. The number of carbonyl (C=O) groups excluding carboxylic acids is 3. The van der Waals surface area contributed by atoms with Crippen molar-refractivity contribution in [2.75, 3.05) is 58.2 Å². The SMILES string of the molecule is CCCC(COc1cc(C)ccc1N(C)C(=O)c1ccc(NC(=O)c2ccccc2OCCCN)c(OC)c1)C(=O)N(C)C. The fourth-order valence-electron chi connectivity index (χ4n) is 4.66. The number of benzene rings is 3. The number of ether oxygens (including phenoxy) is 3. The molecule has 3 aromatic carbocycles. The summed E-state index contributed by atoms with van der Waals surface area (Å²) in [5.74, 6) is 0.324. The van der Waals surface area contributed by atoms with E-state index in [0.717, 1.165) is 12.0 Å². The van der Waals surface area contributed by atoms with Gasteiger partial charge in [-0.05, 0) is 74.3 Å². The summed E-state index contributed by atoms with van der Waals surface area (Å²) < 4.78 is 17.5. The lowest BCUT2D eigenvalue weighted by atomic mass is 10.0. The molecule has 3 aromatic rings. The molecule has 10 nitrogen and oxygen atoms in total. The summed E-state index contributed by atoms with van der Waals surface area (Å²) in [5, 5.41) is 2.86. The van der Waals surface area contributed by atoms with Crippen LogP contribution in [0.15, 0.2) is 60.7 Å². The van der Waals surface area contributed by atoms with Crippen molar-refractivity contribution in [2.24, 2.45) is 11.7 Å². The average Bonchev–Trinajstić information content (AvgIpc) is 3.02. The van der Waals surface area contributed by atoms with Crippen LogP contribution >= 0.6 is 0 Å². The number of rotatable bonds is 15. The summed E-state index contributed by atoms with van der Waals surface area (Å²) >= 11 is 0. The van der Waals surface area contributed by atoms with Crippen molar-refractivity contribution in [2.45, 2.75) is 33.1 Å². The molecule has 3 N–H and O–H groups in total. The maximum Gasteiger partial charge on any atom is 0.259 e. The Labute approximate surface area is 260 Å². The smallest absolute Gasteiger partial charge is 0.259 e. The van der Waals surface area contributed by atoms with Gasteiger partial charge in [-0.1, -0.05) is 31.5 Å². The molecule has 0 aliphatic heterocycles. The standard InChI is InChI=1S/C34H44N4O6/c1-7-11-25(33(40)37(3)4)22-44-31-20-23(2)14-17-28(31)38(5)34(41)24-15-16-27(30(21-24)42-6)36-32(39)26-12-8-9-13-29(26)43-19-10-18-35/h8-9,12-17,20-21,25H,7,10-11,18-19,22,35H2,1-6H3,(H,36,39). The van der Waals surface area contributed by atoms with E-state index in [1.165, 1.54) is 12.0 Å². The van der Waals surface area contributed by atoms with Gasteiger partial charge in [0.15, 0.2) is 0 Å². The molecule has 0 saturated carbocycles. The number of hydrogen-bond donors (Lipinski definition) is 2. The molecule has 0 radical (unpaired) electrons. The molecule has 0 aliphatic carbocycles. The molecule has 3 amide bonds. The number of hydrogen-bond acceptors (Lipinski definition) is 7. The maximum atomic E-state index is 13.7. The molecule has 1 unspecified atom stereocenters. The number of para-hydroxylation sites is 1. The first-order valence-corrected chi connectivity index (χ1v) is 14.7. The first-order chi connectivity index (χ1) is 21.1. The van der Waals surface area contributed by atoms with E-state index in [1.54, 1.807) is 68.5 Å². The predicted octanol–water partition coefficient (Wildman–Crippen LogP) is 5.14. The topological polar surface area (TPSA) is 123 Å². The number of amides is 3. The van der Waals surface area contributed by atoms with E-state index in [9.17, 15) is 14.4 Å². The fourth-order valence-corrected chi connectivity index (χ4v) is 4.66. The predicted molar refractivity (Wildman–Crippen MR) is 173 cm³/mol. The van der Waals surface area contributed by atoms with Crippen molar-refractivity contribution in [1.82, 2.24) is 4.90 Å². The first kappa shape index (κ1) is 33.9. The fraction of sp³-hybridized carbons (Fsp3) is 0.382. The van der Waals surface area contributed by atoms with Gasteiger partial charge in [-0.3, -0.25) is 14.4 Å². The van der Waals surface area contributed by atoms with E-state index < -0.39 is 0 Å². The van der Waals surface area contributed by atoms with E-state index >= 15 is 0 Å². The highest BCUT2D eigenvalue weighted by molar-refractivity contribution is 6.09. The molecule has 0 aliphatic rings. The Kier molecular flexibility index (Phi) is 12.6. The molecule has 3 rings (SSSR count). The zero-order valence-electron chi connectivity index (χ0n) is 26.5. The molecule has 44 heavy (non-hydrogen) atoms. The molecule has 0 fully saturated rings. The molecule has 0 aromatic heterocycles. The third-order valence-corrected chi connectivity index (χ3v) is 7.08. The monoisotopic (exact) mass is 604 g/mol. The molecule has 0 saturated heterocycles. The van der Waals surface area contributed by atoms with Crippen LogP contribution < -0.4 is 30.2 Å². The van der Waals surface area contributed by atoms with Crippen LogP contribution in [0.1, 0.15) is 52.5 Å². The van der Waals surface area contributed by atoms with Crippen LogP contribution in [0.2, 0.25) is 0 Å².